The predicted octanol–water partition coefficient (Wildman–Crippen LogP) is 5.61. The van der Waals surface area contributed by atoms with Crippen LogP contribution in [0.15, 0.2) is 18.2 Å². The van der Waals surface area contributed by atoms with Gasteiger partial charge in [-0.25, -0.2) is 0 Å². The molecular formula is C19H33N. The first-order valence-electron chi connectivity index (χ1n) is 8.56. The summed E-state index contributed by atoms with van der Waals surface area (Å²) in [7, 11) is 2.25. The van der Waals surface area contributed by atoms with Crippen LogP contribution in [0.5, 0.6) is 0 Å². The van der Waals surface area contributed by atoms with E-state index in [1.165, 1.54) is 63.6 Å². The van der Waals surface area contributed by atoms with Crippen LogP contribution < -0.4 is 4.90 Å². The van der Waals surface area contributed by atoms with Crippen LogP contribution in [0.2, 0.25) is 0 Å². The Kier molecular flexibility index (Phi) is 8.41. The third kappa shape index (κ3) is 5.19. The van der Waals surface area contributed by atoms with Crippen molar-refractivity contribution < 1.29 is 0 Å². The molecule has 0 unspecified atom stereocenters. The average Bonchev–Trinajstić information content (AvgIpc) is 2.48. The molecule has 0 aromatic heterocycles. The van der Waals surface area contributed by atoms with E-state index in [0.717, 1.165) is 0 Å². The standard InChI is InChI=1S/C19H33N/c1-5-8-12-17-13-11-15-19(18(17)14-9-6-2)20(4)16-10-7-3/h11,13,15H,5-10,12,14,16H2,1-4H3. The first kappa shape index (κ1) is 17.1. The van der Waals surface area contributed by atoms with Crippen molar-refractivity contribution >= 4 is 5.69 Å². The van der Waals surface area contributed by atoms with Gasteiger partial charge in [-0.1, -0.05) is 52.2 Å². The van der Waals surface area contributed by atoms with E-state index in [-0.39, 0.29) is 0 Å². The monoisotopic (exact) mass is 275 g/mol. The van der Waals surface area contributed by atoms with Crippen molar-refractivity contribution in [1.82, 2.24) is 0 Å². The molecule has 114 valence electrons. The van der Waals surface area contributed by atoms with Crippen LogP contribution in [0.4, 0.5) is 5.69 Å². The average molecular weight is 275 g/mol. The molecule has 0 saturated carbocycles. The normalized spacial score (nSPS) is 10.8. The highest BCUT2D eigenvalue weighted by Crippen LogP contribution is 2.26. The van der Waals surface area contributed by atoms with Crippen molar-refractivity contribution in [3.05, 3.63) is 29.3 Å². The number of aryl methyl sites for hydroxylation is 1. The van der Waals surface area contributed by atoms with Crippen LogP contribution in [-0.4, -0.2) is 13.6 Å². The molecular weight excluding hydrogens is 242 g/mol. The molecule has 0 spiro atoms. The van der Waals surface area contributed by atoms with E-state index in [2.05, 4.69) is 50.9 Å². The summed E-state index contributed by atoms with van der Waals surface area (Å²) in [5.74, 6) is 0. The van der Waals surface area contributed by atoms with Gasteiger partial charge in [-0.3, -0.25) is 0 Å². The van der Waals surface area contributed by atoms with E-state index >= 15 is 0 Å². The van der Waals surface area contributed by atoms with Gasteiger partial charge in [0.25, 0.3) is 0 Å². The van der Waals surface area contributed by atoms with Crippen molar-refractivity contribution in [2.24, 2.45) is 0 Å². The van der Waals surface area contributed by atoms with Crippen LogP contribution >= 0.6 is 0 Å². The van der Waals surface area contributed by atoms with E-state index in [0.29, 0.717) is 0 Å². The Bertz CT molecular complexity index is 370. The summed E-state index contributed by atoms with van der Waals surface area (Å²) in [6.45, 7) is 8.01. The highest BCUT2D eigenvalue weighted by Gasteiger charge is 2.11. The molecule has 0 N–H and O–H groups in total. The molecule has 1 heteroatoms. The van der Waals surface area contributed by atoms with Crippen molar-refractivity contribution in [1.29, 1.82) is 0 Å². The summed E-state index contributed by atoms with van der Waals surface area (Å²) in [4.78, 5) is 2.46. The van der Waals surface area contributed by atoms with Gasteiger partial charge in [0.15, 0.2) is 0 Å². The Morgan fingerprint density at radius 1 is 0.850 bits per heavy atom. The second kappa shape index (κ2) is 9.85. The summed E-state index contributed by atoms with van der Waals surface area (Å²) in [6.07, 6.45) is 10.2. The minimum Gasteiger partial charge on any atom is -0.374 e. The lowest BCUT2D eigenvalue weighted by molar-refractivity contribution is 0.739. The van der Waals surface area contributed by atoms with Gasteiger partial charge in [0.1, 0.15) is 0 Å². The topological polar surface area (TPSA) is 3.24 Å². The van der Waals surface area contributed by atoms with E-state index in [1.54, 1.807) is 11.1 Å². The van der Waals surface area contributed by atoms with E-state index in [4.69, 9.17) is 0 Å². The molecule has 1 aromatic rings. The summed E-state index contributed by atoms with van der Waals surface area (Å²) in [6, 6.07) is 6.91. The Balaban J connectivity index is 2.94. The summed E-state index contributed by atoms with van der Waals surface area (Å²) >= 11 is 0. The minimum absolute atomic E-state index is 1.17. The molecule has 0 amide bonds. The van der Waals surface area contributed by atoms with Gasteiger partial charge in [-0.15, -0.1) is 0 Å². The molecule has 0 heterocycles. The zero-order chi connectivity index (χ0) is 14.8. The number of benzene rings is 1. The van der Waals surface area contributed by atoms with Gasteiger partial charge in [-0.05, 0) is 49.3 Å². The van der Waals surface area contributed by atoms with Gasteiger partial charge >= 0.3 is 0 Å². The van der Waals surface area contributed by atoms with Crippen LogP contribution in [0.3, 0.4) is 0 Å². The quantitative estimate of drug-likeness (QED) is 0.536. The fourth-order valence-corrected chi connectivity index (χ4v) is 2.74. The van der Waals surface area contributed by atoms with Crippen molar-refractivity contribution in [2.75, 3.05) is 18.5 Å². The zero-order valence-electron chi connectivity index (χ0n) is 14.0. The van der Waals surface area contributed by atoms with Gasteiger partial charge in [0.2, 0.25) is 0 Å². The van der Waals surface area contributed by atoms with Crippen LogP contribution in [0.25, 0.3) is 0 Å². The molecule has 1 rings (SSSR count). The second-order valence-electron chi connectivity index (χ2n) is 5.90. The predicted molar refractivity (Wildman–Crippen MR) is 91.8 cm³/mol. The minimum atomic E-state index is 1.17. The molecule has 0 aliphatic heterocycles. The van der Waals surface area contributed by atoms with Crippen LogP contribution in [0.1, 0.15) is 70.4 Å². The molecule has 0 bridgehead atoms. The molecule has 0 radical (unpaired) electrons. The molecule has 0 atom stereocenters. The Morgan fingerprint density at radius 3 is 2.15 bits per heavy atom. The second-order valence-corrected chi connectivity index (χ2v) is 5.90. The Labute approximate surface area is 126 Å². The van der Waals surface area contributed by atoms with Crippen molar-refractivity contribution in [3.63, 3.8) is 0 Å². The number of nitrogens with zero attached hydrogens (tertiary/aromatic N) is 1. The first-order chi connectivity index (χ1) is 9.74. The molecule has 20 heavy (non-hydrogen) atoms. The molecule has 0 aliphatic rings. The lowest BCUT2D eigenvalue weighted by Crippen LogP contribution is -2.20. The summed E-state index contributed by atoms with van der Waals surface area (Å²) in [5.41, 5.74) is 4.67. The SMILES string of the molecule is CCCCc1cccc(N(C)CCCC)c1CCCC. The third-order valence-electron chi connectivity index (χ3n) is 4.09. The molecule has 0 saturated heterocycles. The number of hydrogen-bond donors (Lipinski definition) is 0. The first-order valence-corrected chi connectivity index (χ1v) is 8.56. The Hall–Kier alpha value is -0.980. The fraction of sp³-hybridized carbons (Fsp3) is 0.684. The molecule has 1 aromatic carbocycles. The molecule has 0 fully saturated rings. The maximum absolute atomic E-state index is 2.46. The van der Waals surface area contributed by atoms with Gasteiger partial charge < -0.3 is 4.90 Å². The fourth-order valence-electron chi connectivity index (χ4n) is 2.74. The summed E-state index contributed by atoms with van der Waals surface area (Å²) < 4.78 is 0. The van der Waals surface area contributed by atoms with Crippen molar-refractivity contribution in [3.8, 4) is 0 Å². The highest BCUT2D eigenvalue weighted by molar-refractivity contribution is 5.56. The number of hydrogen-bond acceptors (Lipinski definition) is 1. The lowest BCUT2D eigenvalue weighted by Gasteiger charge is -2.24. The van der Waals surface area contributed by atoms with Crippen LogP contribution in [0, 0.1) is 0 Å². The van der Waals surface area contributed by atoms with Gasteiger partial charge in [0, 0.05) is 19.3 Å². The van der Waals surface area contributed by atoms with Gasteiger partial charge in [-0.2, -0.15) is 0 Å². The molecule has 1 nitrogen and oxygen atoms in total. The third-order valence-corrected chi connectivity index (χ3v) is 4.09. The zero-order valence-corrected chi connectivity index (χ0v) is 14.0. The number of anilines is 1. The molecule has 0 aliphatic carbocycles. The van der Waals surface area contributed by atoms with Gasteiger partial charge in [0.05, 0.1) is 0 Å². The smallest absolute Gasteiger partial charge is 0.0398 e. The largest absolute Gasteiger partial charge is 0.374 e. The number of unbranched alkanes of at least 4 members (excludes halogenated alkanes) is 3. The van der Waals surface area contributed by atoms with E-state index in [9.17, 15) is 0 Å². The Morgan fingerprint density at radius 2 is 1.50 bits per heavy atom. The summed E-state index contributed by atoms with van der Waals surface area (Å²) in [5, 5.41) is 0. The van der Waals surface area contributed by atoms with Crippen LogP contribution in [-0.2, 0) is 12.8 Å². The maximum atomic E-state index is 2.46. The van der Waals surface area contributed by atoms with E-state index in [1.807, 2.05) is 0 Å². The van der Waals surface area contributed by atoms with E-state index < -0.39 is 0 Å². The van der Waals surface area contributed by atoms with Crippen molar-refractivity contribution in [2.45, 2.75) is 72.1 Å². The maximum Gasteiger partial charge on any atom is 0.0398 e. The highest BCUT2D eigenvalue weighted by atomic mass is 15.1. The lowest BCUT2D eigenvalue weighted by atomic mass is 9.95. The number of rotatable bonds is 10.